The van der Waals surface area contributed by atoms with Gasteiger partial charge in [-0.15, -0.1) is 6.58 Å². The second-order valence-corrected chi connectivity index (χ2v) is 3.96. The summed E-state index contributed by atoms with van der Waals surface area (Å²) in [5.74, 6) is 0.524. The predicted octanol–water partition coefficient (Wildman–Crippen LogP) is 3.90. The second kappa shape index (κ2) is 8.74. The molecular weight excluding hydrogens is 172 g/mol. The van der Waals surface area contributed by atoms with E-state index in [9.17, 15) is 4.79 Å². The molecule has 0 N–H and O–H groups in total. The van der Waals surface area contributed by atoms with Gasteiger partial charge in [0.2, 0.25) is 0 Å². The number of allylic oxidation sites excluding steroid dienone is 3. The fourth-order valence-corrected chi connectivity index (χ4v) is 1.33. The van der Waals surface area contributed by atoms with Gasteiger partial charge >= 0.3 is 0 Å². The third-order valence-corrected chi connectivity index (χ3v) is 2.39. The van der Waals surface area contributed by atoms with E-state index in [0.29, 0.717) is 12.3 Å². The van der Waals surface area contributed by atoms with E-state index >= 15 is 0 Å². The first-order chi connectivity index (χ1) is 6.70. The predicted molar refractivity (Wildman–Crippen MR) is 62.3 cm³/mol. The lowest BCUT2D eigenvalue weighted by Crippen LogP contribution is -1.94. The van der Waals surface area contributed by atoms with Gasteiger partial charge in [0.05, 0.1) is 0 Å². The molecular formula is C13H22O. The quantitative estimate of drug-likeness (QED) is 0.423. The minimum atomic E-state index is 0.524. The number of hydrogen-bond acceptors (Lipinski definition) is 1. The van der Waals surface area contributed by atoms with Gasteiger partial charge in [-0.25, -0.2) is 0 Å². The molecule has 14 heavy (non-hydrogen) atoms. The van der Waals surface area contributed by atoms with Crippen molar-refractivity contribution in [2.45, 2.75) is 46.0 Å². The van der Waals surface area contributed by atoms with Crippen LogP contribution in [0.5, 0.6) is 0 Å². The average molecular weight is 194 g/mol. The molecule has 0 heterocycles. The summed E-state index contributed by atoms with van der Waals surface area (Å²) in [7, 11) is 0. The molecule has 0 saturated carbocycles. The molecule has 0 aromatic rings. The summed E-state index contributed by atoms with van der Waals surface area (Å²) < 4.78 is 0. The van der Waals surface area contributed by atoms with Gasteiger partial charge in [0.25, 0.3) is 0 Å². The molecule has 80 valence electrons. The Labute approximate surface area is 87.9 Å². The first-order valence-corrected chi connectivity index (χ1v) is 5.40. The first kappa shape index (κ1) is 13.2. The van der Waals surface area contributed by atoms with Gasteiger partial charge in [-0.1, -0.05) is 24.6 Å². The van der Waals surface area contributed by atoms with Crippen LogP contribution in [-0.2, 0) is 4.79 Å². The highest BCUT2D eigenvalue weighted by Crippen LogP contribution is 2.12. The van der Waals surface area contributed by atoms with Crippen LogP contribution in [-0.4, -0.2) is 6.29 Å². The molecule has 1 nitrogen and oxygen atoms in total. The maximum Gasteiger partial charge on any atom is 0.120 e. The van der Waals surface area contributed by atoms with Crippen molar-refractivity contribution in [3.8, 4) is 0 Å². The molecule has 0 aromatic heterocycles. The zero-order chi connectivity index (χ0) is 10.8. The van der Waals surface area contributed by atoms with E-state index < -0.39 is 0 Å². The Morgan fingerprint density at radius 1 is 1.43 bits per heavy atom. The normalized spacial score (nSPS) is 13.7. The molecule has 0 aliphatic carbocycles. The van der Waals surface area contributed by atoms with Crippen LogP contribution in [0.25, 0.3) is 0 Å². The van der Waals surface area contributed by atoms with Gasteiger partial charge in [0, 0.05) is 6.42 Å². The number of hydrogen-bond donors (Lipinski definition) is 0. The van der Waals surface area contributed by atoms with E-state index in [4.69, 9.17) is 0 Å². The second-order valence-electron chi connectivity index (χ2n) is 3.96. The summed E-state index contributed by atoms with van der Waals surface area (Å²) in [4.78, 5) is 10.2. The summed E-state index contributed by atoms with van der Waals surface area (Å²) in [5.41, 5.74) is 1.43. The maximum atomic E-state index is 10.2. The van der Waals surface area contributed by atoms with E-state index in [1.54, 1.807) is 0 Å². The summed E-state index contributed by atoms with van der Waals surface area (Å²) in [6, 6.07) is 0. The Kier molecular flexibility index (Phi) is 8.20. The van der Waals surface area contributed by atoms with Crippen LogP contribution in [0.3, 0.4) is 0 Å². The lowest BCUT2D eigenvalue weighted by Gasteiger charge is -2.05. The number of rotatable bonds is 8. The van der Waals surface area contributed by atoms with Crippen LogP contribution in [0, 0.1) is 5.92 Å². The third-order valence-electron chi connectivity index (χ3n) is 2.39. The van der Waals surface area contributed by atoms with Crippen LogP contribution in [0.15, 0.2) is 24.3 Å². The van der Waals surface area contributed by atoms with E-state index in [0.717, 1.165) is 32.0 Å². The first-order valence-electron chi connectivity index (χ1n) is 5.40. The molecule has 1 unspecified atom stereocenters. The Bertz CT molecular complexity index is 191. The topological polar surface area (TPSA) is 17.1 Å². The van der Waals surface area contributed by atoms with E-state index in [1.165, 1.54) is 5.57 Å². The molecule has 1 heteroatoms. The minimum Gasteiger partial charge on any atom is -0.303 e. The van der Waals surface area contributed by atoms with Gasteiger partial charge in [0.1, 0.15) is 6.29 Å². The van der Waals surface area contributed by atoms with Crippen molar-refractivity contribution < 1.29 is 4.79 Å². The number of carbonyl (C=O) groups is 1. The maximum absolute atomic E-state index is 10.2. The van der Waals surface area contributed by atoms with Gasteiger partial charge in [-0.3, -0.25) is 0 Å². The number of aldehydes is 1. The Hall–Kier alpha value is -0.850. The van der Waals surface area contributed by atoms with Gasteiger partial charge in [-0.2, -0.15) is 0 Å². The SMILES string of the molecule is C=CCC/C(C)=C\CCC(C)CC=O. The van der Waals surface area contributed by atoms with Crippen molar-refractivity contribution in [1.82, 2.24) is 0 Å². The average Bonchev–Trinajstić information content (AvgIpc) is 2.15. The van der Waals surface area contributed by atoms with Crippen LogP contribution in [0.4, 0.5) is 0 Å². The fourth-order valence-electron chi connectivity index (χ4n) is 1.33. The highest BCUT2D eigenvalue weighted by molar-refractivity contribution is 5.49. The fraction of sp³-hybridized carbons (Fsp3) is 0.615. The minimum absolute atomic E-state index is 0.524. The van der Waals surface area contributed by atoms with Crippen molar-refractivity contribution in [3.63, 3.8) is 0 Å². The number of carbonyl (C=O) groups excluding carboxylic acids is 1. The van der Waals surface area contributed by atoms with Crippen LogP contribution < -0.4 is 0 Å². The summed E-state index contributed by atoms with van der Waals surface area (Å²) in [6.45, 7) is 7.99. The van der Waals surface area contributed by atoms with E-state index in [-0.39, 0.29) is 0 Å². The molecule has 0 rings (SSSR count). The Morgan fingerprint density at radius 3 is 2.71 bits per heavy atom. The molecule has 0 fully saturated rings. The highest BCUT2D eigenvalue weighted by atomic mass is 16.1. The van der Waals surface area contributed by atoms with Crippen LogP contribution >= 0.6 is 0 Å². The van der Waals surface area contributed by atoms with Crippen molar-refractivity contribution >= 4 is 6.29 Å². The lowest BCUT2D eigenvalue weighted by atomic mass is 10.0. The van der Waals surface area contributed by atoms with Gasteiger partial charge in [0.15, 0.2) is 0 Å². The van der Waals surface area contributed by atoms with Crippen molar-refractivity contribution in [2.75, 3.05) is 0 Å². The molecule has 0 radical (unpaired) electrons. The van der Waals surface area contributed by atoms with E-state index in [1.807, 2.05) is 6.08 Å². The molecule has 0 bridgehead atoms. The zero-order valence-electron chi connectivity index (χ0n) is 9.46. The molecule has 0 amide bonds. The summed E-state index contributed by atoms with van der Waals surface area (Å²) in [6.07, 6.45) is 10.3. The monoisotopic (exact) mass is 194 g/mol. The molecule has 0 aliphatic rings. The third kappa shape index (κ3) is 7.78. The molecule has 0 aliphatic heterocycles. The highest BCUT2D eigenvalue weighted by Gasteiger charge is 1.98. The summed E-state index contributed by atoms with van der Waals surface area (Å²) in [5, 5.41) is 0. The van der Waals surface area contributed by atoms with Gasteiger partial charge in [-0.05, 0) is 38.5 Å². The van der Waals surface area contributed by atoms with Crippen LogP contribution in [0.1, 0.15) is 46.0 Å². The zero-order valence-corrected chi connectivity index (χ0v) is 9.46. The largest absolute Gasteiger partial charge is 0.303 e. The van der Waals surface area contributed by atoms with Gasteiger partial charge < -0.3 is 4.79 Å². The van der Waals surface area contributed by atoms with Crippen molar-refractivity contribution in [1.29, 1.82) is 0 Å². The van der Waals surface area contributed by atoms with E-state index in [2.05, 4.69) is 26.5 Å². The molecule has 0 saturated heterocycles. The molecule has 1 atom stereocenters. The lowest BCUT2D eigenvalue weighted by molar-refractivity contribution is -0.108. The van der Waals surface area contributed by atoms with Crippen LogP contribution in [0.2, 0.25) is 0 Å². The molecule has 0 aromatic carbocycles. The van der Waals surface area contributed by atoms with Crippen molar-refractivity contribution in [2.24, 2.45) is 5.92 Å². The smallest absolute Gasteiger partial charge is 0.120 e. The van der Waals surface area contributed by atoms with Crippen molar-refractivity contribution in [3.05, 3.63) is 24.3 Å². The Morgan fingerprint density at radius 2 is 2.14 bits per heavy atom. The standard InChI is InChI=1S/C13H22O/c1-4-5-7-12(2)8-6-9-13(3)10-11-14/h4,8,11,13H,1,5-7,9-10H2,2-3H3/b12-8-. The molecule has 0 spiro atoms. The summed E-state index contributed by atoms with van der Waals surface area (Å²) >= 11 is 0. The Balaban J connectivity index is 3.58.